The number of aromatic nitrogens is 2. The molecule has 0 spiro atoms. The maximum atomic E-state index is 12.5. The van der Waals surface area contributed by atoms with Gasteiger partial charge in [0.05, 0.1) is 21.3 Å². The standard InChI is InChI=1S/C20H20N4O4/c1-26-15-6-4-5-13(11-15)22-19(25)16-9-10-21-20(24-16)23-14-7-8-17(27-2)18(12-14)28-3/h4-12H,1-3H3,(H,22,25)(H,21,23,24). The topological polar surface area (TPSA) is 94.6 Å². The predicted molar refractivity (Wildman–Crippen MR) is 106 cm³/mol. The van der Waals surface area contributed by atoms with Crippen LogP contribution in [0.3, 0.4) is 0 Å². The molecule has 144 valence electrons. The van der Waals surface area contributed by atoms with Crippen LogP contribution in [0.5, 0.6) is 17.2 Å². The van der Waals surface area contributed by atoms with E-state index in [1.807, 2.05) is 0 Å². The summed E-state index contributed by atoms with van der Waals surface area (Å²) in [4.78, 5) is 20.9. The molecular weight excluding hydrogens is 360 g/mol. The van der Waals surface area contributed by atoms with E-state index in [0.717, 1.165) is 0 Å². The van der Waals surface area contributed by atoms with Crippen LogP contribution in [0.4, 0.5) is 17.3 Å². The summed E-state index contributed by atoms with van der Waals surface area (Å²) in [6.45, 7) is 0. The number of hydrogen-bond donors (Lipinski definition) is 2. The Morgan fingerprint density at radius 2 is 1.71 bits per heavy atom. The first-order valence-corrected chi connectivity index (χ1v) is 8.40. The molecule has 0 saturated carbocycles. The van der Waals surface area contributed by atoms with Gasteiger partial charge < -0.3 is 24.8 Å². The fraction of sp³-hybridized carbons (Fsp3) is 0.150. The summed E-state index contributed by atoms with van der Waals surface area (Å²) in [6.07, 6.45) is 1.51. The Bertz CT molecular complexity index is 978. The van der Waals surface area contributed by atoms with Crippen molar-refractivity contribution in [2.24, 2.45) is 0 Å². The van der Waals surface area contributed by atoms with Gasteiger partial charge in [0.1, 0.15) is 11.4 Å². The van der Waals surface area contributed by atoms with Crippen LogP contribution < -0.4 is 24.8 Å². The lowest BCUT2D eigenvalue weighted by molar-refractivity contribution is 0.102. The first kappa shape index (κ1) is 19.0. The van der Waals surface area contributed by atoms with Gasteiger partial charge in [-0.2, -0.15) is 0 Å². The Kier molecular flexibility index (Phi) is 5.91. The molecule has 0 bridgehead atoms. The highest BCUT2D eigenvalue weighted by atomic mass is 16.5. The number of carbonyl (C=O) groups excluding carboxylic acids is 1. The minimum atomic E-state index is -0.356. The quantitative estimate of drug-likeness (QED) is 0.648. The minimum absolute atomic E-state index is 0.223. The van der Waals surface area contributed by atoms with Crippen LogP contribution in [0.25, 0.3) is 0 Å². The van der Waals surface area contributed by atoms with Gasteiger partial charge in [-0.1, -0.05) is 6.07 Å². The van der Waals surface area contributed by atoms with Gasteiger partial charge in [0.15, 0.2) is 11.5 Å². The largest absolute Gasteiger partial charge is 0.497 e. The number of amides is 1. The highest BCUT2D eigenvalue weighted by molar-refractivity contribution is 6.03. The number of ether oxygens (including phenoxy) is 3. The molecule has 1 heterocycles. The smallest absolute Gasteiger partial charge is 0.274 e. The minimum Gasteiger partial charge on any atom is -0.497 e. The first-order chi connectivity index (χ1) is 13.6. The van der Waals surface area contributed by atoms with Crippen LogP contribution in [-0.4, -0.2) is 37.2 Å². The third kappa shape index (κ3) is 4.47. The van der Waals surface area contributed by atoms with E-state index in [9.17, 15) is 4.79 Å². The third-order valence-electron chi connectivity index (χ3n) is 3.86. The monoisotopic (exact) mass is 380 g/mol. The van der Waals surface area contributed by atoms with Crippen molar-refractivity contribution < 1.29 is 19.0 Å². The number of rotatable bonds is 7. The van der Waals surface area contributed by atoms with E-state index in [1.54, 1.807) is 63.8 Å². The molecule has 1 amide bonds. The van der Waals surface area contributed by atoms with Crippen molar-refractivity contribution in [1.82, 2.24) is 9.97 Å². The number of hydrogen-bond acceptors (Lipinski definition) is 7. The summed E-state index contributed by atoms with van der Waals surface area (Å²) in [6, 6.07) is 13.9. The zero-order valence-corrected chi connectivity index (χ0v) is 15.7. The summed E-state index contributed by atoms with van der Waals surface area (Å²) < 4.78 is 15.7. The third-order valence-corrected chi connectivity index (χ3v) is 3.86. The van der Waals surface area contributed by atoms with Gasteiger partial charge >= 0.3 is 0 Å². The predicted octanol–water partition coefficient (Wildman–Crippen LogP) is 3.50. The fourth-order valence-corrected chi connectivity index (χ4v) is 2.48. The SMILES string of the molecule is COc1cccc(NC(=O)c2ccnc(Nc3ccc(OC)c(OC)c3)n2)c1. The van der Waals surface area contributed by atoms with E-state index in [-0.39, 0.29) is 17.5 Å². The van der Waals surface area contributed by atoms with Gasteiger partial charge in [0, 0.05) is 29.7 Å². The van der Waals surface area contributed by atoms with Crippen molar-refractivity contribution >= 4 is 23.2 Å². The molecule has 28 heavy (non-hydrogen) atoms. The molecule has 2 aromatic carbocycles. The molecule has 8 heteroatoms. The molecule has 2 N–H and O–H groups in total. The number of anilines is 3. The molecule has 0 radical (unpaired) electrons. The zero-order chi connectivity index (χ0) is 19.9. The van der Waals surface area contributed by atoms with Crippen molar-refractivity contribution in [2.45, 2.75) is 0 Å². The van der Waals surface area contributed by atoms with Crippen LogP contribution >= 0.6 is 0 Å². The van der Waals surface area contributed by atoms with Crippen molar-refractivity contribution in [1.29, 1.82) is 0 Å². The fourth-order valence-electron chi connectivity index (χ4n) is 2.48. The molecule has 0 aliphatic heterocycles. The molecule has 0 atom stereocenters. The van der Waals surface area contributed by atoms with Crippen LogP contribution in [0.1, 0.15) is 10.5 Å². The lowest BCUT2D eigenvalue weighted by Crippen LogP contribution is -2.14. The Hall–Kier alpha value is -3.81. The summed E-state index contributed by atoms with van der Waals surface area (Å²) in [5.41, 5.74) is 1.53. The van der Waals surface area contributed by atoms with Crippen LogP contribution in [-0.2, 0) is 0 Å². The summed E-state index contributed by atoms with van der Waals surface area (Å²) >= 11 is 0. The number of carbonyl (C=O) groups is 1. The van der Waals surface area contributed by atoms with Crippen LogP contribution in [0.2, 0.25) is 0 Å². The molecule has 0 unspecified atom stereocenters. The van der Waals surface area contributed by atoms with Crippen LogP contribution in [0, 0.1) is 0 Å². The van der Waals surface area contributed by atoms with Crippen LogP contribution in [0.15, 0.2) is 54.7 Å². The second kappa shape index (κ2) is 8.72. The van der Waals surface area contributed by atoms with Crippen molar-refractivity contribution in [3.05, 3.63) is 60.4 Å². The summed E-state index contributed by atoms with van der Waals surface area (Å²) in [5.74, 6) is 1.76. The molecule has 3 aromatic rings. The molecule has 0 saturated heterocycles. The Labute approximate surface area is 162 Å². The zero-order valence-electron chi connectivity index (χ0n) is 15.7. The number of nitrogens with zero attached hydrogens (tertiary/aromatic N) is 2. The van der Waals surface area contributed by atoms with Gasteiger partial charge in [-0.15, -0.1) is 0 Å². The Morgan fingerprint density at radius 3 is 2.46 bits per heavy atom. The first-order valence-electron chi connectivity index (χ1n) is 8.40. The van der Waals surface area contributed by atoms with E-state index >= 15 is 0 Å². The second-order valence-corrected chi connectivity index (χ2v) is 5.65. The number of methoxy groups -OCH3 is 3. The van der Waals surface area contributed by atoms with Gasteiger partial charge in [-0.25, -0.2) is 9.97 Å². The Morgan fingerprint density at radius 1 is 0.893 bits per heavy atom. The van der Waals surface area contributed by atoms with Gasteiger partial charge in [-0.05, 0) is 30.3 Å². The molecule has 0 aliphatic rings. The maximum Gasteiger partial charge on any atom is 0.274 e. The number of benzene rings is 2. The summed E-state index contributed by atoms with van der Waals surface area (Å²) in [7, 11) is 4.69. The van der Waals surface area contributed by atoms with E-state index in [1.165, 1.54) is 12.3 Å². The van der Waals surface area contributed by atoms with Crippen molar-refractivity contribution in [2.75, 3.05) is 32.0 Å². The van der Waals surface area contributed by atoms with Gasteiger partial charge in [-0.3, -0.25) is 4.79 Å². The number of nitrogens with one attached hydrogen (secondary N) is 2. The highest BCUT2D eigenvalue weighted by Gasteiger charge is 2.11. The normalized spacial score (nSPS) is 10.1. The Balaban J connectivity index is 1.75. The molecule has 8 nitrogen and oxygen atoms in total. The molecular formula is C20H20N4O4. The van der Waals surface area contributed by atoms with E-state index in [2.05, 4.69) is 20.6 Å². The van der Waals surface area contributed by atoms with Crippen molar-refractivity contribution in [3.63, 3.8) is 0 Å². The molecule has 0 fully saturated rings. The van der Waals surface area contributed by atoms with Gasteiger partial charge in [0.25, 0.3) is 5.91 Å². The van der Waals surface area contributed by atoms with Crippen molar-refractivity contribution in [3.8, 4) is 17.2 Å². The average molecular weight is 380 g/mol. The molecule has 1 aromatic heterocycles. The summed E-state index contributed by atoms with van der Waals surface area (Å²) in [5, 5.41) is 5.83. The average Bonchev–Trinajstić information content (AvgIpc) is 2.74. The highest BCUT2D eigenvalue weighted by Crippen LogP contribution is 2.30. The van der Waals surface area contributed by atoms with E-state index in [0.29, 0.717) is 28.6 Å². The van der Waals surface area contributed by atoms with E-state index < -0.39 is 0 Å². The van der Waals surface area contributed by atoms with E-state index in [4.69, 9.17) is 14.2 Å². The lowest BCUT2D eigenvalue weighted by atomic mass is 10.2. The lowest BCUT2D eigenvalue weighted by Gasteiger charge is -2.11. The molecule has 3 rings (SSSR count). The van der Waals surface area contributed by atoms with Gasteiger partial charge in [0.2, 0.25) is 5.95 Å². The maximum absolute atomic E-state index is 12.5. The second-order valence-electron chi connectivity index (χ2n) is 5.65. The molecule has 0 aliphatic carbocycles.